The van der Waals surface area contributed by atoms with Crippen molar-refractivity contribution in [2.45, 2.75) is 19.9 Å². The second-order valence-electron chi connectivity index (χ2n) is 6.18. The van der Waals surface area contributed by atoms with Crippen molar-refractivity contribution in [1.29, 1.82) is 0 Å². The number of methoxy groups -OCH3 is 1. The summed E-state index contributed by atoms with van der Waals surface area (Å²) in [6, 6.07) is 7.80. The van der Waals surface area contributed by atoms with Crippen LogP contribution in [0.3, 0.4) is 0 Å². The lowest BCUT2D eigenvalue weighted by atomic mass is 10.1. The van der Waals surface area contributed by atoms with Crippen LogP contribution in [0, 0.1) is 6.92 Å². The van der Waals surface area contributed by atoms with Crippen molar-refractivity contribution in [2.24, 2.45) is 0 Å². The molecule has 1 aliphatic heterocycles. The number of ether oxygens (including phenoxy) is 1. The fourth-order valence-corrected chi connectivity index (χ4v) is 3.16. The van der Waals surface area contributed by atoms with E-state index in [0.29, 0.717) is 25.5 Å². The van der Waals surface area contributed by atoms with Crippen LogP contribution in [-0.2, 0) is 0 Å². The largest absolute Gasteiger partial charge is 0.495 e. The Kier molecular flexibility index (Phi) is 4.74. The number of carbonyl (C=O) groups is 1. The SMILES string of the molecule is COc1ccccc1N1CCN(C(=O)c2cnc(C)[nH]c2=O)[C@H](C)C1. The summed E-state index contributed by atoms with van der Waals surface area (Å²) in [5, 5.41) is 0. The highest BCUT2D eigenvalue weighted by Gasteiger charge is 2.30. The number of para-hydroxylation sites is 2. The van der Waals surface area contributed by atoms with Gasteiger partial charge in [-0.25, -0.2) is 4.98 Å². The van der Waals surface area contributed by atoms with Crippen molar-refractivity contribution in [3.8, 4) is 5.75 Å². The number of nitrogens with one attached hydrogen (secondary N) is 1. The molecule has 0 aliphatic carbocycles. The normalized spacial score (nSPS) is 17.5. The zero-order valence-corrected chi connectivity index (χ0v) is 14.7. The van der Waals surface area contributed by atoms with Gasteiger partial charge in [0, 0.05) is 31.9 Å². The Morgan fingerprint density at radius 1 is 1.32 bits per heavy atom. The van der Waals surface area contributed by atoms with Crippen molar-refractivity contribution in [1.82, 2.24) is 14.9 Å². The number of H-pyrrole nitrogens is 1. The lowest BCUT2D eigenvalue weighted by Crippen LogP contribution is -2.54. The predicted molar refractivity (Wildman–Crippen MR) is 95.3 cm³/mol. The van der Waals surface area contributed by atoms with Crippen molar-refractivity contribution in [3.05, 3.63) is 52.2 Å². The number of anilines is 1. The molecular weight excluding hydrogens is 320 g/mol. The van der Waals surface area contributed by atoms with Crippen LogP contribution in [0.25, 0.3) is 0 Å². The Labute approximate surface area is 146 Å². The molecule has 1 N–H and O–H groups in total. The van der Waals surface area contributed by atoms with Gasteiger partial charge in [0.15, 0.2) is 0 Å². The fraction of sp³-hybridized carbons (Fsp3) is 0.389. The molecule has 2 aromatic rings. The number of aromatic amines is 1. The molecule has 1 atom stereocenters. The number of aromatic nitrogens is 2. The average Bonchev–Trinajstić information content (AvgIpc) is 2.61. The molecule has 1 aliphatic rings. The van der Waals surface area contributed by atoms with Gasteiger partial charge in [-0.05, 0) is 26.0 Å². The van der Waals surface area contributed by atoms with Gasteiger partial charge in [-0.1, -0.05) is 12.1 Å². The first-order chi connectivity index (χ1) is 12.0. The monoisotopic (exact) mass is 342 g/mol. The van der Waals surface area contributed by atoms with E-state index < -0.39 is 5.56 Å². The molecule has 0 radical (unpaired) electrons. The minimum atomic E-state index is -0.392. The Balaban J connectivity index is 1.78. The molecule has 7 heteroatoms. The van der Waals surface area contributed by atoms with Crippen LogP contribution in [0.1, 0.15) is 23.1 Å². The summed E-state index contributed by atoms with van der Waals surface area (Å²) in [7, 11) is 1.65. The maximum Gasteiger partial charge on any atom is 0.263 e. The van der Waals surface area contributed by atoms with E-state index in [1.165, 1.54) is 6.20 Å². The lowest BCUT2D eigenvalue weighted by Gasteiger charge is -2.41. The van der Waals surface area contributed by atoms with Crippen molar-refractivity contribution in [3.63, 3.8) is 0 Å². The van der Waals surface area contributed by atoms with E-state index >= 15 is 0 Å². The van der Waals surface area contributed by atoms with E-state index in [1.807, 2.05) is 31.2 Å². The topological polar surface area (TPSA) is 78.5 Å². The van der Waals surface area contributed by atoms with Crippen LogP contribution in [-0.4, -0.2) is 53.6 Å². The number of rotatable bonds is 3. The third-order valence-electron chi connectivity index (χ3n) is 4.47. The zero-order valence-electron chi connectivity index (χ0n) is 14.7. The summed E-state index contributed by atoms with van der Waals surface area (Å²) in [5.74, 6) is 1.03. The molecule has 3 rings (SSSR count). The summed E-state index contributed by atoms with van der Waals surface area (Å²) in [4.78, 5) is 35.3. The van der Waals surface area contributed by atoms with Gasteiger partial charge < -0.3 is 19.5 Å². The lowest BCUT2D eigenvalue weighted by molar-refractivity contribution is 0.0671. The third kappa shape index (κ3) is 3.35. The second-order valence-corrected chi connectivity index (χ2v) is 6.18. The molecule has 1 amide bonds. The van der Waals surface area contributed by atoms with Crippen LogP contribution in [0.2, 0.25) is 0 Å². The van der Waals surface area contributed by atoms with Gasteiger partial charge in [0.05, 0.1) is 12.8 Å². The number of carbonyl (C=O) groups excluding carboxylic acids is 1. The zero-order chi connectivity index (χ0) is 18.0. The van der Waals surface area contributed by atoms with Crippen LogP contribution < -0.4 is 15.2 Å². The van der Waals surface area contributed by atoms with Gasteiger partial charge in [-0.15, -0.1) is 0 Å². The molecular formula is C18H22N4O3. The van der Waals surface area contributed by atoms with Crippen LogP contribution in [0.5, 0.6) is 5.75 Å². The molecule has 1 aromatic heterocycles. The number of benzene rings is 1. The van der Waals surface area contributed by atoms with Crippen molar-refractivity contribution < 1.29 is 9.53 Å². The smallest absolute Gasteiger partial charge is 0.263 e. The quantitative estimate of drug-likeness (QED) is 0.913. The number of amides is 1. The first-order valence-corrected chi connectivity index (χ1v) is 8.26. The van der Waals surface area contributed by atoms with Crippen molar-refractivity contribution in [2.75, 3.05) is 31.6 Å². The maximum absolute atomic E-state index is 12.7. The number of nitrogens with zero attached hydrogens (tertiary/aromatic N) is 3. The Morgan fingerprint density at radius 2 is 2.08 bits per heavy atom. The summed E-state index contributed by atoms with van der Waals surface area (Å²) < 4.78 is 5.43. The predicted octanol–water partition coefficient (Wildman–Crippen LogP) is 1.44. The standard InChI is InChI=1S/C18H22N4O3/c1-12-11-21(15-6-4-5-7-16(15)25-3)8-9-22(12)18(24)14-10-19-13(2)20-17(14)23/h4-7,10,12H,8-9,11H2,1-3H3,(H,19,20,23)/t12-/m1/s1. The molecule has 0 unspecified atom stereocenters. The van der Waals surface area contributed by atoms with Crippen LogP contribution >= 0.6 is 0 Å². The molecule has 0 saturated carbocycles. The number of aryl methyl sites for hydroxylation is 1. The van der Waals surface area contributed by atoms with Gasteiger partial charge in [-0.2, -0.15) is 0 Å². The minimum absolute atomic E-state index is 0.0353. The first-order valence-electron chi connectivity index (χ1n) is 8.26. The molecule has 25 heavy (non-hydrogen) atoms. The molecule has 1 aromatic carbocycles. The first kappa shape index (κ1) is 17.0. The van der Waals surface area contributed by atoms with E-state index in [9.17, 15) is 9.59 Å². The van der Waals surface area contributed by atoms with Gasteiger partial charge >= 0.3 is 0 Å². The number of piperazine rings is 1. The second kappa shape index (κ2) is 6.96. The summed E-state index contributed by atoms with van der Waals surface area (Å²) in [6.07, 6.45) is 1.36. The molecule has 0 spiro atoms. The van der Waals surface area contributed by atoms with Gasteiger partial charge in [-0.3, -0.25) is 9.59 Å². The van der Waals surface area contributed by atoms with Gasteiger partial charge in [0.25, 0.3) is 11.5 Å². The van der Waals surface area contributed by atoms with Gasteiger partial charge in [0.1, 0.15) is 17.1 Å². The molecule has 1 saturated heterocycles. The van der Waals surface area contributed by atoms with Gasteiger partial charge in [0.2, 0.25) is 0 Å². The fourth-order valence-electron chi connectivity index (χ4n) is 3.16. The summed E-state index contributed by atoms with van der Waals surface area (Å²) >= 11 is 0. The van der Waals surface area contributed by atoms with Crippen LogP contribution in [0.4, 0.5) is 5.69 Å². The number of hydrogen-bond acceptors (Lipinski definition) is 5. The Hall–Kier alpha value is -2.83. The molecule has 7 nitrogen and oxygen atoms in total. The highest BCUT2D eigenvalue weighted by molar-refractivity contribution is 5.94. The summed E-state index contributed by atoms with van der Waals surface area (Å²) in [6.45, 7) is 5.54. The highest BCUT2D eigenvalue weighted by atomic mass is 16.5. The van der Waals surface area contributed by atoms with E-state index in [2.05, 4.69) is 14.9 Å². The van der Waals surface area contributed by atoms with Crippen molar-refractivity contribution >= 4 is 11.6 Å². The van der Waals surface area contributed by atoms with E-state index in [1.54, 1.807) is 18.9 Å². The Bertz CT molecular complexity index is 833. The maximum atomic E-state index is 12.7. The van der Waals surface area contributed by atoms with E-state index in [0.717, 1.165) is 11.4 Å². The highest BCUT2D eigenvalue weighted by Crippen LogP contribution is 2.29. The average molecular weight is 342 g/mol. The molecule has 132 valence electrons. The number of hydrogen-bond donors (Lipinski definition) is 1. The van der Waals surface area contributed by atoms with E-state index in [-0.39, 0.29) is 17.5 Å². The third-order valence-corrected chi connectivity index (χ3v) is 4.47. The minimum Gasteiger partial charge on any atom is -0.495 e. The summed E-state index contributed by atoms with van der Waals surface area (Å²) in [5.41, 5.74) is 0.707. The molecule has 1 fully saturated rings. The Morgan fingerprint density at radius 3 is 2.76 bits per heavy atom. The van der Waals surface area contributed by atoms with E-state index in [4.69, 9.17) is 4.74 Å². The van der Waals surface area contributed by atoms with Crippen LogP contribution in [0.15, 0.2) is 35.3 Å². The molecule has 2 heterocycles. The molecule has 0 bridgehead atoms.